The molecule has 0 spiro atoms. The van der Waals surface area contributed by atoms with Crippen LogP contribution in [-0.2, 0) is 14.3 Å². The SMILES string of the molecule is CCC(NC(=O)C(N)C(C)CC)C(=O)N1CCOCC1. The molecule has 1 rings (SSSR count). The monoisotopic (exact) mass is 285 g/mol. The zero-order valence-electron chi connectivity index (χ0n) is 12.7. The normalized spacial score (nSPS) is 20.1. The Bertz CT molecular complexity index is 330. The van der Waals surface area contributed by atoms with E-state index in [1.54, 1.807) is 4.90 Å². The van der Waals surface area contributed by atoms with Crippen molar-refractivity contribution in [1.29, 1.82) is 0 Å². The smallest absolute Gasteiger partial charge is 0.245 e. The number of hydrogen-bond acceptors (Lipinski definition) is 4. The fourth-order valence-electron chi connectivity index (χ4n) is 2.12. The number of carbonyl (C=O) groups is 2. The van der Waals surface area contributed by atoms with Crippen molar-refractivity contribution >= 4 is 11.8 Å². The number of nitrogens with one attached hydrogen (secondary N) is 1. The summed E-state index contributed by atoms with van der Waals surface area (Å²) in [7, 11) is 0. The van der Waals surface area contributed by atoms with Crippen LogP contribution in [0.25, 0.3) is 0 Å². The molecular weight excluding hydrogens is 258 g/mol. The van der Waals surface area contributed by atoms with E-state index in [-0.39, 0.29) is 17.7 Å². The standard InChI is InChI=1S/C14H27N3O3/c1-4-10(3)12(15)13(18)16-11(5-2)14(19)17-6-8-20-9-7-17/h10-12H,4-9,15H2,1-3H3,(H,16,18). The molecule has 6 nitrogen and oxygen atoms in total. The molecule has 0 aliphatic carbocycles. The summed E-state index contributed by atoms with van der Waals surface area (Å²) in [4.78, 5) is 26.2. The molecule has 1 saturated heterocycles. The number of rotatable bonds is 6. The zero-order chi connectivity index (χ0) is 15.1. The van der Waals surface area contributed by atoms with Crippen LogP contribution in [0.2, 0.25) is 0 Å². The highest BCUT2D eigenvalue weighted by Gasteiger charge is 2.28. The Morgan fingerprint density at radius 1 is 1.25 bits per heavy atom. The zero-order valence-corrected chi connectivity index (χ0v) is 12.7. The van der Waals surface area contributed by atoms with E-state index in [9.17, 15) is 9.59 Å². The Labute approximate surface area is 121 Å². The van der Waals surface area contributed by atoms with Crippen molar-refractivity contribution in [1.82, 2.24) is 10.2 Å². The van der Waals surface area contributed by atoms with Gasteiger partial charge in [0.25, 0.3) is 0 Å². The first kappa shape index (κ1) is 16.9. The average molecular weight is 285 g/mol. The number of carbonyl (C=O) groups excluding carboxylic acids is 2. The third-order valence-corrected chi connectivity index (χ3v) is 3.91. The Kier molecular flexibility index (Phi) is 6.95. The van der Waals surface area contributed by atoms with Crippen molar-refractivity contribution in [3.8, 4) is 0 Å². The highest BCUT2D eigenvalue weighted by molar-refractivity contribution is 5.89. The molecule has 0 saturated carbocycles. The second-order valence-corrected chi connectivity index (χ2v) is 5.32. The molecule has 0 aromatic carbocycles. The van der Waals surface area contributed by atoms with Gasteiger partial charge in [0.1, 0.15) is 6.04 Å². The number of nitrogens with two attached hydrogens (primary N) is 1. The van der Waals surface area contributed by atoms with Gasteiger partial charge >= 0.3 is 0 Å². The maximum Gasteiger partial charge on any atom is 0.245 e. The average Bonchev–Trinajstić information content (AvgIpc) is 2.50. The Balaban J connectivity index is 2.57. The van der Waals surface area contributed by atoms with Crippen LogP contribution in [0.1, 0.15) is 33.6 Å². The van der Waals surface area contributed by atoms with Gasteiger partial charge in [-0.05, 0) is 12.3 Å². The van der Waals surface area contributed by atoms with Crippen molar-refractivity contribution < 1.29 is 14.3 Å². The first-order valence-electron chi connectivity index (χ1n) is 7.43. The van der Waals surface area contributed by atoms with Gasteiger partial charge in [0, 0.05) is 13.1 Å². The summed E-state index contributed by atoms with van der Waals surface area (Å²) >= 11 is 0. The fraction of sp³-hybridized carbons (Fsp3) is 0.857. The Morgan fingerprint density at radius 2 is 1.85 bits per heavy atom. The number of morpholine rings is 1. The number of nitrogens with zero attached hydrogens (tertiary/aromatic N) is 1. The van der Waals surface area contributed by atoms with Crippen molar-refractivity contribution in [2.45, 2.75) is 45.7 Å². The van der Waals surface area contributed by atoms with Crippen molar-refractivity contribution in [2.75, 3.05) is 26.3 Å². The maximum atomic E-state index is 12.3. The summed E-state index contributed by atoms with van der Waals surface area (Å²) in [6.07, 6.45) is 1.40. The van der Waals surface area contributed by atoms with Gasteiger partial charge in [0.05, 0.1) is 19.3 Å². The van der Waals surface area contributed by atoms with Gasteiger partial charge in [0.2, 0.25) is 11.8 Å². The lowest BCUT2D eigenvalue weighted by Gasteiger charge is -2.31. The van der Waals surface area contributed by atoms with Gasteiger partial charge in [-0.1, -0.05) is 27.2 Å². The van der Waals surface area contributed by atoms with Gasteiger partial charge in [-0.25, -0.2) is 0 Å². The number of amides is 2. The fourth-order valence-corrected chi connectivity index (χ4v) is 2.12. The van der Waals surface area contributed by atoms with Crippen LogP contribution in [0.3, 0.4) is 0 Å². The molecule has 3 atom stereocenters. The minimum absolute atomic E-state index is 0.0412. The van der Waals surface area contributed by atoms with Gasteiger partial charge in [-0.2, -0.15) is 0 Å². The molecule has 0 aromatic rings. The molecule has 116 valence electrons. The van der Waals surface area contributed by atoms with Crippen LogP contribution in [-0.4, -0.2) is 55.1 Å². The van der Waals surface area contributed by atoms with Crippen molar-refractivity contribution in [3.63, 3.8) is 0 Å². The second kappa shape index (κ2) is 8.21. The van der Waals surface area contributed by atoms with Crippen LogP contribution in [0.5, 0.6) is 0 Å². The molecule has 6 heteroatoms. The van der Waals surface area contributed by atoms with Crippen molar-refractivity contribution in [3.05, 3.63) is 0 Å². The van der Waals surface area contributed by atoms with Gasteiger partial charge in [-0.3, -0.25) is 9.59 Å². The molecule has 3 N–H and O–H groups in total. The minimum atomic E-state index is -0.563. The van der Waals surface area contributed by atoms with Gasteiger partial charge < -0.3 is 20.7 Å². The number of ether oxygens (including phenoxy) is 1. The minimum Gasteiger partial charge on any atom is -0.378 e. The molecule has 0 radical (unpaired) electrons. The molecule has 1 aliphatic heterocycles. The summed E-state index contributed by atoms with van der Waals surface area (Å²) in [5.74, 6) is -0.181. The third-order valence-electron chi connectivity index (χ3n) is 3.91. The van der Waals surface area contributed by atoms with Crippen molar-refractivity contribution in [2.24, 2.45) is 11.7 Å². The predicted molar refractivity (Wildman–Crippen MR) is 77.1 cm³/mol. The van der Waals surface area contributed by atoms with Crippen LogP contribution in [0, 0.1) is 5.92 Å². The summed E-state index contributed by atoms with van der Waals surface area (Å²) < 4.78 is 5.23. The van der Waals surface area contributed by atoms with E-state index in [0.29, 0.717) is 32.7 Å². The lowest BCUT2D eigenvalue weighted by molar-refractivity contribution is -0.140. The number of hydrogen-bond donors (Lipinski definition) is 2. The molecule has 3 unspecified atom stereocenters. The summed E-state index contributed by atoms with van der Waals surface area (Å²) in [6.45, 7) is 8.11. The van der Waals surface area contributed by atoms with Gasteiger partial charge in [0.15, 0.2) is 0 Å². The predicted octanol–water partition coefficient (Wildman–Crippen LogP) is 0.113. The molecule has 0 aromatic heterocycles. The molecular formula is C14H27N3O3. The van der Waals surface area contributed by atoms with E-state index in [1.807, 2.05) is 20.8 Å². The summed E-state index contributed by atoms with van der Waals surface area (Å²) in [5.41, 5.74) is 5.90. The summed E-state index contributed by atoms with van der Waals surface area (Å²) in [6, 6.07) is -1.05. The first-order valence-corrected chi connectivity index (χ1v) is 7.43. The molecule has 2 amide bonds. The molecule has 0 bridgehead atoms. The Hall–Kier alpha value is -1.14. The second-order valence-electron chi connectivity index (χ2n) is 5.32. The molecule has 1 aliphatic rings. The van der Waals surface area contributed by atoms with E-state index < -0.39 is 12.1 Å². The topological polar surface area (TPSA) is 84.7 Å². The third kappa shape index (κ3) is 4.45. The van der Waals surface area contributed by atoms with Crippen LogP contribution in [0.15, 0.2) is 0 Å². The lowest BCUT2D eigenvalue weighted by atomic mass is 9.99. The lowest BCUT2D eigenvalue weighted by Crippen LogP contribution is -2.55. The van der Waals surface area contributed by atoms with E-state index in [4.69, 9.17) is 10.5 Å². The van der Waals surface area contributed by atoms with E-state index in [2.05, 4.69) is 5.32 Å². The highest BCUT2D eigenvalue weighted by atomic mass is 16.5. The largest absolute Gasteiger partial charge is 0.378 e. The van der Waals surface area contributed by atoms with Crippen LogP contribution < -0.4 is 11.1 Å². The van der Waals surface area contributed by atoms with E-state index in [0.717, 1.165) is 6.42 Å². The quantitative estimate of drug-likeness (QED) is 0.725. The summed E-state index contributed by atoms with van der Waals surface area (Å²) in [5, 5.41) is 2.78. The van der Waals surface area contributed by atoms with Crippen LogP contribution in [0.4, 0.5) is 0 Å². The maximum absolute atomic E-state index is 12.3. The molecule has 1 heterocycles. The first-order chi connectivity index (χ1) is 9.51. The highest BCUT2D eigenvalue weighted by Crippen LogP contribution is 2.08. The van der Waals surface area contributed by atoms with E-state index >= 15 is 0 Å². The van der Waals surface area contributed by atoms with E-state index in [1.165, 1.54) is 0 Å². The molecule has 1 fully saturated rings. The molecule has 20 heavy (non-hydrogen) atoms. The van der Waals surface area contributed by atoms with Gasteiger partial charge in [-0.15, -0.1) is 0 Å². The van der Waals surface area contributed by atoms with Crippen LogP contribution >= 0.6 is 0 Å². The Morgan fingerprint density at radius 3 is 2.35 bits per heavy atom.